The van der Waals surface area contributed by atoms with Gasteiger partial charge in [-0.25, -0.2) is 0 Å². The predicted molar refractivity (Wildman–Crippen MR) is 112 cm³/mol. The molecular formula is C21H26ClN3O3. The van der Waals surface area contributed by atoms with Crippen molar-refractivity contribution in [3.8, 4) is 0 Å². The topological polar surface area (TPSA) is 93.5 Å². The number of rotatable bonds is 7. The van der Waals surface area contributed by atoms with Gasteiger partial charge >= 0.3 is 0 Å². The average molecular weight is 404 g/mol. The highest BCUT2D eigenvalue weighted by Gasteiger charge is 2.29. The van der Waals surface area contributed by atoms with E-state index < -0.39 is 6.10 Å². The summed E-state index contributed by atoms with van der Waals surface area (Å²) in [6, 6.07) is 16.8. The number of anilines is 1. The molecule has 2 aromatic rings. The summed E-state index contributed by atoms with van der Waals surface area (Å²) in [6.07, 6.45) is 1.76. The second-order valence-electron chi connectivity index (χ2n) is 6.62. The molecule has 0 saturated carbocycles. The molecule has 0 aliphatic carbocycles. The molecule has 6 nitrogen and oxygen atoms in total. The Morgan fingerprint density at radius 3 is 2.39 bits per heavy atom. The summed E-state index contributed by atoms with van der Waals surface area (Å²) in [6.45, 7) is 1.00. The molecule has 0 spiro atoms. The zero-order valence-electron chi connectivity index (χ0n) is 15.6. The van der Waals surface area contributed by atoms with Gasteiger partial charge in [0.2, 0.25) is 0 Å². The normalized spacial score (nSPS) is 18.2. The van der Waals surface area contributed by atoms with Crippen LogP contribution in [0.25, 0.3) is 0 Å². The molecule has 1 aliphatic rings. The number of amides is 2. The number of carbonyl (C=O) groups excluding carboxylic acids is 2. The van der Waals surface area contributed by atoms with Crippen LogP contribution in [0.1, 0.15) is 28.8 Å². The standard InChI is InChI=1S/C21H25N3O3.ClH/c22-14-18-10-11-19(27-18)21(26)24-17-8-6-16(7-9-17)20(25)23-13-12-15-4-2-1-3-5-15;/h1-9,18-19H,10-14,22H2,(H,23,25)(H,24,26);1H/t18-,19+;/m1./s1. The summed E-state index contributed by atoms with van der Waals surface area (Å²) < 4.78 is 5.59. The SMILES string of the molecule is Cl.NC[C@H]1CC[C@@H](C(=O)Nc2ccc(C(=O)NCCc3ccccc3)cc2)O1. The van der Waals surface area contributed by atoms with E-state index in [2.05, 4.69) is 10.6 Å². The Bertz CT molecular complexity index is 768. The number of benzene rings is 2. The molecule has 1 heterocycles. The van der Waals surface area contributed by atoms with Crippen LogP contribution in [0.3, 0.4) is 0 Å². The maximum Gasteiger partial charge on any atom is 0.253 e. The zero-order valence-corrected chi connectivity index (χ0v) is 16.4. The van der Waals surface area contributed by atoms with Crippen molar-refractivity contribution in [2.24, 2.45) is 5.73 Å². The number of hydrogen-bond acceptors (Lipinski definition) is 4. The Kier molecular flexibility index (Phi) is 8.44. The number of nitrogens with two attached hydrogens (primary N) is 1. The van der Waals surface area contributed by atoms with E-state index in [0.29, 0.717) is 30.8 Å². The van der Waals surface area contributed by atoms with Crippen LogP contribution in [0.5, 0.6) is 0 Å². The summed E-state index contributed by atoms with van der Waals surface area (Å²) in [7, 11) is 0. The molecule has 150 valence electrons. The first-order chi connectivity index (χ1) is 13.2. The third kappa shape index (κ3) is 6.05. The number of hydrogen-bond donors (Lipinski definition) is 3. The van der Waals surface area contributed by atoms with Crippen LogP contribution < -0.4 is 16.4 Å². The van der Waals surface area contributed by atoms with Gasteiger partial charge in [0.25, 0.3) is 11.8 Å². The van der Waals surface area contributed by atoms with Crippen molar-refractivity contribution in [3.63, 3.8) is 0 Å². The molecule has 2 aromatic carbocycles. The Morgan fingerprint density at radius 2 is 1.75 bits per heavy atom. The minimum Gasteiger partial charge on any atom is -0.364 e. The van der Waals surface area contributed by atoms with E-state index in [4.69, 9.17) is 10.5 Å². The number of nitrogens with one attached hydrogen (secondary N) is 2. The van der Waals surface area contributed by atoms with Gasteiger partial charge in [-0.05, 0) is 49.1 Å². The fourth-order valence-electron chi connectivity index (χ4n) is 3.07. The molecule has 1 saturated heterocycles. The van der Waals surface area contributed by atoms with Gasteiger partial charge in [-0.15, -0.1) is 12.4 Å². The molecule has 4 N–H and O–H groups in total. The summed E-state index contributed by atoms with van der Waals surface area (Å²) in [4.78, 5) is 24.4. The quantitative estimate of drug-likeness (QED) is 0.662. The lowest BCUT2D eigenvalue weighted by molar-refractivity contribution is -0.126. The lowest BCUT2D eigenvalue weighted by Crippen LogP contribution is -2.29. The van der Waals surface area contributed by atoms with Gasteiger partial charge in [-0.3, -0.25) is 9.59 Å². The molecule has 28 heavy (non-hydrogen) atoms. The molecular weight excluding hydrogens is 378 g/mol. The minimum atomic E-state index is -0.459. The van der Waals surface area contributed by atoms with Crippen LogP contribution in [0, 0.1) is 0 Å². The maximum atomic E-state index is 12.2. The third-order valence-electron chi connectivity index (χ3n) is 4.62. The summed E-state index contributed by atoms with van der Waals surface area (Å²) in [5.41, 5.74) is 7.95. The second-order valence-corrected chi connectivity index (χ2v) is 6.62. The first-order valence-corrected chi connectivity index (χ1v) is 9.24. The van der Waals surface area contributed by atoms with Crippen LogP contribution in [0.15, 0.2) is 54.6 Å². The number of halogens is 1. The molecule has 2 amide bonds. The lowest BCUT2D eigenvalue weighted by Gasteiger charge is -2.13. The summed E-state index contributed by atoms with van der Waals surface area (Å²) >= 11 is 0. The third-order valence-corrected chi connectivity index (χ3v) is 4.62. The van der Waals surface area contributed by atoms with Gasteiger partial charge < -0.3 is 21.1 Å². The number of carbonyl (C=O) groups is 2. The Hall–Kier alpha value is -2.41. The van der Waals surface area contributed by atoms with Crippen molar-refractivity contribution < 1.29 is 14.3 Å². The van der Waals surface area contributed by atoms with Crippen LogP contribution in [-0.2, 0) is 16.0 Å². The van der Waals surface area contributed by atoms with Crippen molar-refractivity contribution in [1.82, 2.24) is 5.32 Å². The molecule has 1 fully saturated rings. The molecule has 0 aromatic heterocycles. The molecule has 3 rings (SSSR count). The summed E-state index contributed by atoms with van der Waals surface area (Å²) in [5.74, 6) is -0.306. The van der Waals surface area contributed by atoms with Crippen molar-refractivity contribution in [1.29, 1.82) is 0 Å². The highest BCUT2D eigenvalue weighted by molar-refractivity contribution is 5.97. The first-order valence-electron chi connectivity index (χ1n) is 9.24. The van der Waals surface area contributed by atoms with Gasteiger partial charge in [0, 0.05) is 24.3 Å². The van der Waals surface area contributed by atoms with Crippen LogP contribution >= 0.6 is 12.4 Å². The minimum absolute atomic E-state index is 0. The van der Waals surface area contributed by atoms with Gasteiger partial charge in [0.1, 0.15) is 6.10 Å². The van der Waals surface area contributed by atoms with Crippen molar-refractivity contribution in [2.75, 3.05) is 18.4 Å². The van der Waals surface area contributed by atoms with Gasteiger partial charge in [0.05, 0.1) is 6.10 Å². The molecule has 7 heteroatoms. The van der Waals surface area contributed by atoms with Gasteiger partial charge in [-0.1, -0.05) is 30.3 Å². The van der Waals surface area contributed by atoms with E-state index in [1.165, 1.54) is 5.56 Å². The van der Waals surface area contributed by atoms with Crippen molar-refractivity contribution in [2.45, 2.75) is 31.5 Å². The molecule has 1 aliphatic heterocycles. The van der Waals surface area contributed by atoms with E-state index in [0.717, 1.165) is 12.8 Å². The van der Waals surface area contributed by atoms with Crippen LogP contribution in [-0.4, -0.2) is 37.1 Å². The highest BCUT2D eigenvalue weighted by atomic mass is 35.5. The molecule has 0 unspecified atom stereocenters. The summed E-state index contributed by atoms with van der Waals surface area (Å²) in [5, 5.41) is 5.73. The monoisotopic (exact) mass is 403 g/mol. The fourth-order valence-corrected chi connectivity index (χ4v) is 3.07. The molecule has 0 bridgehead atoms. The molecule has 0 radical (unpaired) electrons. The van der Waals surface area contributed by atoms with Crippen molar-refractivity contribution in [3.05, 3.63) is 65.7 Å². The van der Waals surface area contributed by atoms with E-state index in [1.54, 1.807) is 24.3 Å². The average Bonchev–Trinajstić information content (AvgIpc) is 3.19. The Morgan fingerprint density at radius 1 is 1.04 bits per heavy atom. The number of ether oxygens (including phenoxy) is 1. The van der Waals surface area contributed by atoms with Crippen LogP contribution in [0.4, 0.5) is 5.69 Å². The smallest absolute Gasteiger partial charge is 0.253 e. The van der Waals surface area contributed by atoms with Crippen LogP contribution in [0.2, 0.25) is 0 Å². The van der Waals surface area contributed by atoms with Crippen molar-refractivity contribution >= 4 is 29.9 Å². The van der Waals surface area contributed by atoms with E-state index in [1.807, 2.05) is 30.3 Å². The first kappa shape index (κ1) is 21.9. The van der Waals surface area contributed by atoms with E-state index in [9.17, 15) is 9.59 Å². The second kappa shape index (κ2) is 10.8. The van der Waals surface area contributed by atoms with E-state index in [-0.39, 0.29) is 30.3 Å². The van der Waals surface area contributed by atoms with Gasteiger partial charge in [-0.2, -0.15) is 0 Å². The predicted octanol–water partition coefficient (Wildman–Crippen LogP) is 2.53. The maximum absolute atomic E-state index is 12.2. The van der Waals surface area contributed by atoms with E-state index >= 15 is 0 Å². The zero-order chi connectivity index (χ0) is 19.1. The fraction of sp³-hybridized carbons (Fsp3) is 0.333. The largest absolute Gasteiger partial charge is 0.364 e. The molecule has 2 atom stereocenters. The van der Waals surface area contributed by atoms with Gasteiger partial charge in [0.15, 0.2) is 0 Å². The Balaban J connectivity index is 0.00000280. The highest BCUT2D eigenvalue weighted by Crippen LogP contribution is 2.20. The lowest BCUT2D eigenvalue weighted by atomic mass is 10.1. The Labute approximate surface area is 171 Å².